The van der Waals surface area contributed by atoms with Crippen LogP contribution < -0.4 is 0 Å². The fraction of sp³-hybridized carbons (Fsp3) is 0.438. The van der Waals surface area contributed by atoms with E-state index in [2.05, 4.69) is 0 Å². The van der Waals surface area contributed by atoms with Crippen molar-refractivity contribution in [2.75, 3.05) is 12.4 Å². The van der Waals surface area contributed by atoms with Crippen molar-refractivity contribution in [3.8, 4) is 0 Å². The number of benzene rings is 1. The Morgan fingerprint density at radius 1 is 1.18 bits per heavy atom. The molecular weight excluding hydrogens is 324 g/mol. The molecule has 1 aromatic rings. The molecule has 22 heavy (non-hydrogen) atoms. The van der Waals surface area contributed by atoms with Gasteiger partial charge in [0.15, 0.2) is 9.84 Å². The topological polar surface area (TPSA) is 60.4 Å². The SMILES string of the molecule is CCOC(=O)C(Cl)C/C(C)=C(/C)CS(=O)(=O)c1ccccc1. The van der Waals surface area contributed by atoms with Crippen LogP contribution in [0.4, 0.5) is 0 Å². The minimum Gasteiger partial charge on any atom is -0.465 e. The van der Waals surface area contributed by atoms with Crippen LogP contribution in [0.3, 0.4) is 0 Å². The van der Waals surface area contributed by atoms with Crippen LogP contribution in [0.5, 0.6) is 0 Å². The molecule has 1 unspecified atom stereocenters. The Kier molecular flexibility index (Phi) is 7.10. The molecule has 0 aliphatic carbocycles. The predicted molar refractivity (Wildman–Crippen MR) is 87.8 cm³/mol. The zero-order chi connectivity index (χ0) is 16.8. The first-order chi connectivity index (χ1) is 10.3. The van der Waals surface area contributed by atoms with Crippen molar-refractivity contribution in [1.82, 2.24) is 0 Å². The third-order valence-corrected chi connectivity index (χ3v) is 5.40. The van der Waals surface area contributed by atoms with E-state index in [9.17, 15) is 13.2 Å². The van der Waals surface area contributed by atoms with Crippen molar-refractivity contribution < 1.29 is 17.9 Å². The van der Waals surface area contributed by atoms with Gasteiger partial charge in [-0.1, -0.05) is 29.3 Å². The van der Waals surface area contributed by atoms with Gasteiger partial charge in [-0.05, 0) is 39.3 Å². The summed E-state index contributed by atoms with van der Waals surface area (Å²) in [4.78, 5) is 11.8. The number of hydrogen-bond donors (Lipinski definition) is 0. The standard InChI is InChI=1S/C16H21ClO4S/c1-4-21-16(18)15(17)10-12(2)13(3)11-22(19,20)14-8-6-5-7-9-14/h5-9,15H,4,10-11H2,1-3H3/b13-12-. The van der Waals surface area contributed by atoms with E-state index in [0.29, 0.717) is 5.57 Å². The lowest BCUT2D eigenvalue weighted by atomic mass is 10.1. The van der Waals surface area contributed by atoms with E-state index in [1.807, 2.05) is 0 Å². The lowest BCUT2D eigenvalue weighted by molar-refractivity contribution is -0.142. The van der Waals surface area contributed by atoms with Crippen molar-refractivity contribution >= 4 is 27.4 Å². The summed E-state index contributed by atoms with van der Waals surface area (Å²) >= 11 is 5.98. The summed E-state index contributed by atoms with van der Waals surface area (Å²) in [5.74, 6) is -0.572. The fourth-order valence-corrected chi connectivity index (χ4v) is 3.73. The molecule has 0 spiro atoms. The number of alkyl halides is 1. The van der Waals surface area contributed by atoms with Gasteiger partial charge in [0.1, 0.15) is 5.38 Å². The van der Waals surface area contributed by atoms with Gasteiger partial charge in [-0.2, -0.15) is 0 Å². The first-order valence-corrected chi connectivity index (χ1v) is 9.10. The van der Waals surface area contributed by atoms with Crippen LogP contribution in [0.1, 0.15) is 27.2 Å². The molecule has 0 amide bonds. The van der Waals surface area contributed by atoms with Crippen LogP contribution >= 0.6 is 11.6 Å². The van der Waals surface area contributed by atoms with E-state index < -0.39 is 21.2 Å². The van der Waals surface area contributed by atoms with E-state index in [1.165, 1.54) is 0 Å². The summed E-state index contributed by atoms with van der Waals surface area (Å²) in [6, 6.07) is 8.29. The Morgan fingerprint density at radius 2 is 1.77 bits per heavy atom. The number of carbonyl (C=O) groups excluding carboxylic acids is 1. The van der Waals surface area contributed by atoms with Gasteiger partial charge in [0, 0.05) is 0 Å². The number of carbonyl (C=O) groups is 1. The average molecular weight is 345 g/mol. The summed E-state index contributed by atoms with van der Waals surface area (Å²) in [5, 5.41) is -0.797. The molecule has 0 aromatic heterocycles. The van der Waals surface area contributed by atoms with Crippen LogP contribution in [0.2, 0.25) is 0 Å². The number of esters is 1. The molecule has 0 aliphatic heterocycles. The van der Waals surface area contributed by atoms with E-state index in [4.69, 9.17) is 16.3 Å². The smallest absolute Gasteiger partial charge is 0.324 e. The van der Waals surface area contributed by atoms with Gasteiger partial charge in [-0.25, -0.2) is 8.42 Å². The highest BCUT2D eigenvalue weighted by Gasteiger charge is 2.20. The summed E-state index contributed by atoms with van der Waals surface area (Å²) in [7, 11) is -3.39. The molecule has 0 heterocycles. The van der Waals surface area contributed by atoms with E-state index >= 15 is 0 Å². The van der Waals surface area contributed by atoms with Crippen LogP contribution in [0.15, 0.2) is 46.4 Å². The van der Waals surface area contributed by atoms with Crippen LogP contribution in [-0.4, -0.2) is 32.1 Å². The second kappa shape index (κ2) is 8.34. The van der Waals surface area contributed by atoms with Crippen LogP contribution in [-0.2, 0) is 19.4 Å². The van der Waals surface area contributed by atoms with Crippen molar-refractivity contribution in [1.29, 1.82) is 0 Å². The second-order valence-electron chi connectivity index (χ2n) is 5.06. The maximum absolute atomic E-state index is 12.3. The first-order valence-electron chi connectivity index (χ1n) is 7.01. The number of sulfone groups is 1. The van der Waals surface area contributed by atoms with E-state index in [0.717, 1.165) is 5.57 Å². The Bertz CT molecular complexity index is 635. The Labute approximate surface area is 137 Å². The fourth-order valence-electron chi connectivity index (χ4n) is 1.88. The molecular formula is C16H21ClO4S. The van der Waals surface area contributed by atoms with Crippen LogP contribution in [0, 0.1) is 0 Å². The molecule has 0 saturated carbocycles. The molecule has 1 aromatic carbocycles. The van der Waals surface area contributed by atoms with Gasteiger partial charge in [-0.15, -0.1) is 11.6 Å². The molecule has 6 heteroatoms. The molecule has 0 fully saturated rings. The first kappa shape index (κ1) is 18.7. The molecule has 1 atom stereocenters. The highest BCUT2D eigenvalue weighted by atomic mass is 35.5. The molecule has 122 valence electrons. The number of ether oxygens (including phenoxy) is 1. The van der Waals surface area contributed by atoms with Gasteiger partial charge in [0.05, 0.1) is 17.3 Å². The second-order valence-corrected chi connectivity index (χ2v) is 7.57. The minimum atomic E-state index is -3.39. The average Bonchev–Trinajstić information content (AvgIpc) is 2.47. The highest BCUT2D eigenvalue weighted by molar-refractivity contribution is 7.91. The van der Waals surface area contributed by atoms with Gasteiger partial charge in [-0.3, -0.25) is 4.79 Å². The molecule has 1 rings (SSSR count). The Morgan fingerprint density at radius 3 is 2.32 bits per heavy atom. The largest absolute Gasteiger partial charge is 0.465 e. The molecule has 0 bridgehead atoms. The zero-order valence-electron chi connectivity index (χ0n) is 13.0. The summed E-state index contributed by atoms with van der Waals surface area (Å²) < 4.78 is 29.5. The molecule has 0 saturated heterocycles. The molecule has 0 aliphatic rings. The number of halogens is 1. The summed E-state index contributed by atoms with van der Waals surface area (Å²) in [6.45, 7) is 5.50. The monoisotopic (exact) mass is 344 g/mol. The number of rotatable bonds is 7. The van der Waals surface area contributed by atoms with E-state index in [1.54, 1.807) is 51.1 Å². The van der Waals surface area contributed by atoms with Crippen molar-refractivity contribution in [2.24, 2.45) is 0 Å². The number of allylic oxidation sites excluding steroid dienone is 1. The van der Waals surface area contributed by atoms with Gasteiger partial charge in [0.2, 0.25) is 0 Å². The molecule has 0 radical (unpaired) electrons. The summed E-state index contributed by atoms with van der Waals surface area (Å²) in [6.07, 6.45) is 0.274. The maximum atomic E-state index is 12.3. The van der Waals surface area contributed by atoms with E-state index in [-0.39, 0.29) is 23.7 Å². The highest BCUT2D eigenvalue weighted by Crippen LogP contribution is 2.20. The quantitative estimate of drug-likeness (QED) is 0.432. The minimum absolute atomic E-state index is 0.0880. The van der Waals surface area contributed by atoms with Crippen molar-refractivity contribution in [3.63, 3.8) is 0 Å². The Balaban J connectivity index is 2.81. The third-order valence-electron chi connectivity index (χ3n) is 3.27. The van der Waals surface area contributed by atoms with Gasteiger partial charge < -0.3 is 4.74 Å². The Hall–Kier alpha value is -1.33. The van der Waals surface area contributed by atoms with Crippen molar-refractivity contribution in [2.45, 2.75) is 37.5 Å². The lowest BCUT2D eigenvalue weighted by Crippen LogP contribution is -2.19. The van der Waals surface area contributed by atoms with Crippen LogP contribution in [0.25, 0.3) is 0 Å². The van der Waals surface area contributed by atoms with Gasteiger partial charge >= 0.3 is 5.97 Å². The van der Waals surface area contributed by atoms with Gasteiger partial charge in [0.25, 0.3) is 0 Å². The predicted octanol–water partition coefficient (Wildman–Crippen LogP) is 3.36. The normalized spacial score (nSPS) is 14.2. The lowest BCUT2D eigenvalue weighted by Gasteiger charge is -2.12. The third kappa shape index (κ3) is 5.46. The molecule has 4 nitrogen and oxygen atoms in total. The maximum Gasteiger partial charge on any atom is 0.324 e. The van der Waals surface area contributed by atoms with Crippen molar-refractivity contribution in [3.05, 3.63) is 41.5 Å². The molecule has 0 N–H and O–H groups in total. The number of hydrogen-bond acceptors (Lipinski definition) is 4. The summed E-state index contributed by atoms with van der Waals surface area (Å²) in [5.41, 5.74) is 1.48. The zero-order valence-corrected chi connectivity index (χ0v) is 14.6.